The normalized spacial score (nSPS) is 13.3. The summed E-state index contributed by atoms with van der Waals surface area (Å²) in [4.78, 5) is 9.01. The fraction of sp³-hybridized carbons (Fsp3) is 0.600. The Balaban J connectivity index is 2.69. The van der Waals surface area contributed by atoms with Crippen molar-refractivity contribution in [3.05, 3.63) is 23.8 Å². The molecule has 0 aliphatic heterocycles. The van der Waals surface area contributed by atoms with Crippen molar-refractivity contribution in [2.45, 2.75) is 32.0 Å². The van der Waals surface area contributed by atoms with Gasteiger partial charge < -0.3 is 0 Å². The molecule has 1 atom stereocenters. The first-order chi connectivity index (χ1) is 6.11. The Hall–Kier alpha value is -0.440. The van der Waals surface area contributed by atoms with Crippen LogP contribution in [0.25, 0.3) is 0 Å². The smallest absolute Gasteiger partial charge is 0.0627 e. The second-order valence-corrected chi connectivity index (χ2v) is 4.73. The van der Waals surface area contributed by atoms with E-state index in [0.717, 1.165) is 17.8 Å². The largest absolute Gasteiger partial charge is 0.258 e. The molecule has 0 radical (unpaired) electrons. The number of alkyl halides is 1. The molecule has 0 bridgehead atoms. The highest BCUT2D eigenvalue weighted by Crippen LogP contribution is 2.17. The number of aryl methyl sites for hydroxylation is 1. The first-order valence-corrected chi connectivity index (χ1v) is 5.43. The maximum Gasteiger partial charge on any atom is 0.0627 e. The average molecular weight is 243 g/mol. The van der Waals surface area contributed by atoms with Gasteiger partial charge in [0.15, 0.2) is 0 Å². The Morgan fingerprint density at radius 1 is 1.31 bits per heavy atom. The predicted molar refractivity (Wildman–Crippen MR) is 58.0 cm³/mol. The van der Waals surface area contributed by atoms with Gasteiger partial charge in [0.05, 0.1) is 11.4 Å². The first-order valence-electron chi connectivity index (χ1n) is 4.51. The van der Waals surface area contributed by atoms with E-state index >= 15 is 0 Å². The summed E-state index contributed by atoms with van der Waals surface area (Å²) in [5.74, 6) is 0.626. The zero-order valence-corrected chi connectivity index (χ0v) is 9.87. The molecule has 0 fully saturated rings. The molecular weight excluding hydrogens is 228 g/mol. The summed E-state index contributed by atoms with van der Waals surface area (Å²) in [7, 11) is 0. The second kappa shape index (κ2) is 4.70. The zero-order valence-electron chi connectivity index (χ0n) is 8.29. The van der Waals surface area contributed by atoms with Crippen molar-refractivity contribution in [3.63, 3.8) is 0 Å². The minimum absolute atomic E-state index is 0.489. The number of aromatic nitrogens is 2. The molecule has 1 unspecified atom stereocenters. The van der Waals surface area contributed by atoms with Crippen molar-refractivity contribution >= 4 is 15.9 Å². The molecular formula is C10H15BrN2. The Morgan fingerprint density at radius 2 is 1.92 bits per heavy atom. The average Bonchev–Trinajstić information content (AvgIpc) is 2.08. The standard InChI is InChI=1S/C10H15BrN2/c1-7(2)9(11)6-10-8(3)12-4-5-13-10/h4-5,7,9H,6H2,1-3H3. The van der Waals surface area contributed by atoms with Crippen LogP contribution in [0.5, 0.6) is 0 Å². The molecule has 1 heterocycles. The Bertz CT molecular complexity index is 273. The molecule has 1 aromatic heterocycles. The highest BCUT2D eigenvalue weighted by molar-refractivity contribution is 9.09. The van der Waals surface area contributed by atoms with Crippen LogP contribution in [0.4, 0.5) is 0 Å². The molecule has 0 aliphatic carbocycles. The number of rotatable bonds is 3. The van der Waals surface area contributed by atoms with Crippen molar-refractivity contribution in [2.24, 2.45) is 5.92 Å². The van der Waals surface area contributed by atoms with Crippen LogP contribution in [0.3, 0.4) is 0 Å². The topological polar surface area (TPSA) is 25.8 Å². The van der Waals surface area contributed by atoms with Gasteiger partial charge in [0, 0.05) is 23.6 Å². The van der Waals surface area contributed by atoms with E-state index in [1.165, 1.54) is 0 Å². The summed E-state index contributed by atoms with van der Waals surface area (Å²) in [6.45, 7) is 6.40. The van der Waals surface area contributed by atoms with E-state index in [0.29, 0.717) is 10.7 Å². The Kier molecular flexibility index (Phi) is 3.85. The van der Waals surface area contributed by atoms with Gasteiger partial charge in [0.1, 0.15) is 0 Å². The van der Waals surface area contributed by atoms with Crippen LogP contribution in [0.1, 0.15) is 25.2 Å². The summed E-state index contributed by atoms with van der Waals surface area (Å²) in [5.41, 5.74) is 2.13. The highest BCUT2D eigenvalue weighted by atomic mass is 79.9. The Labute approximate surface area is 87.9 Å². The van der Waals surface area contributed by atoms with E-state index in [1.807, 2.05) is 6.92 Å². The van der Waals surface area contributed by atoms with Crippen LogP contribution in [0.2, 0.25) is 0 Å². The molecule has 0 aromatic carbocycles. The summed E-state index contributed by atoms with van der Waals surface area (Å²) in [6, 6.07) is 0. The molecule has 0 spiro atoms. The predicted octanol–water partition coefficient (Wildman–Crippen LogP) is 2.75. The number of hydrogen-bond donors (Lipinski definition) is 0. The highest BCUT2D eigenvalue weighted by Gasteiger charge is 2.12. The van der Waals surface area contributed by atoms with E-state index in [-0.39, 0.29) is 0 Å². The van der Waals surface area contributed by atoms with E-state index in [2.05, 4.69) is 39.7 Å². The third-order valence-electron chi connectivity index (χ3n) is 2.09. The molecule has 1 aromatic rings. The van der Waals surface area contributed by atoms with Crippen molar-refractivity contribution < 1.29 is 0 Å². The molecule has 72 valence electrons. The molecule has 0 N–H and O–H groups in total. The molecule has 2 nitrogen and oxygen atoms in total. The van der Waals surface area contributed by atoms with Gasteiger partial charge in [-0.15, -0.1) is 0 Å². The molecule has 3 heteroatoms. The molecule has 13 heavy (non-hydrogen) atoms. The van der Waals surface area contributed by atoms with Crippen molar-refractivity contribution in [2.75, 3.05) is 0 Å². The van der Waals surface area contributed by atoms with Crippen molar-refractivity contribution in [1.29, 1.82) is 0 Å². The summed E-state index contributed by atoms with van der Waals surface area (Å²) < 4.78 is 0. The van der Waals surface area contributed by atoms with Gasteiger partial charge in [-0.25, -0.2) is 0 Å². The third kappa shape index (κ3) is 3.07. The molecule has 0 aliphatic rings. The number of hydrogen-bond acceptors (Lipinski definition) is 2. The fourth-order valence-corrected chi connectivity index (χ4v) is 1.36. The fourth-order valence-electron chi connectivity index (χ4n) is 1.06. The summed E-state index contributed by atoms with van der Waals surface area (Å²) >= 11 is 3.65. The van der Waals surface area contributed by atoms with E-state index in [9.17, 15) is 0 Å². The lowest BCUT2D eigenvalue weighted by Gasteiger charge is -2.13. The van der Waals surface area contributed by atoms with Gasteiger partial charge in [0.2, 0.25) is 0 Å². The second-order valence-electron chi connectivity index (χ2n) is 3.55. The van der Waals surface area contributed by atoms with Gasteiger partial charge in [-0.1, -0.05) is 29.8 Å². The quantitative estimate of drug-likeness (QED) is 0.763. The maximum absolute atomic E-state index is 4.31. The van der Waals surface area contributed by atoms with E-state index in [1.54, 1.807) is 12.4 Å². The van der Waals surface area contributed by atoms with Crippen molar-refractivity contribution in [3.8, 4) is 0 Å². The lowest BCUT2D eigenvalue weighted by atomic mass is 10.1. The van der Waals surface area contributed by atoms with Gasteiger partial charge in [-0.05, 0) is 12.8 Å². The van der Waals surface area contributed by atoms with Crippen LogP contribution in [-0.4, -0.2) is 14.8 Å². The molecule has 0 saturated heterocycles. The zero-order chi connectivity index (χ0) is 9.84. The molecule has 0 amide bonds. The van der Waals surface area contributed by atoms with Crippen LogP contribution < -0.4 is 0 Å². The molecule has 0 saturated carbocycles. The Morgan fingerprint density at radius 3 is 2.46 bits per heavy atom. The SMILES string of the molecule is Cc1nccnc1CC(Br)C(C)C. The number of halogens is 1. The lowest BCUT2D eigenvalue weighted by molar-refractivity contribution is 0.605. The van der Waals surface area contributed by atoms with Crippen LogP contribution in [0.15, 0.2) is 12.4 Å². The van der Waals surface area contributed by atoms with Gasteiger partial charge in [-0.3, -0.25) is 9.97 Å². The van der Waals surface area contributed by atoms with Crippen LogP contribution >= 0.6 is 15.9 Å². The minimum atomic E-state index is 0.489. The summed E-state index contributed by atoms with van der Waals surface area (Å²) in [5, 5.41) is 0. The van der Waals surface area contributed by atoms with Crippen molar-refractivity contribution in [1.82, 2.24) is 9.97 Å². The van der Waals surface area contributed by atoms with Gasteiger partial charge >= 0.3 is 0 Å². The van der Waals surface area contributed by atoms with Crippen LogP contribution in [-0.2, 0) is 6.42 Å². The third-order valence-corrected chi connectivity index (χ3v) is 3.48. The monoisotopic (exact) mass is 242 g/mol. The number of nitrogens with zero attached hydrogens (tertiary/aromatic N) is 2. The van der Waals surface area contributed by atoms with E-state index < -0.39 is 0 Å². The maximum atomic E-state index is 4.31. The summed E-state index contributed by atoms with van der Waals surface area (Å²) in [6.07, 6.45) is 4.44. The van der Waals surface area contributed by atoms with Gasteiger partial charge in [-0.2, -0.15) is 0 Å². The first kappa shape index (κ1) is 10.6. The lowest BCUT2D eigenvalue weighted by Crippen LogP contribution is -2.12. The molecule has 1 rings (SSSR count). The van der Waals surface area contributed by atoms with E-state index in [4.69, 9.17) is 0 Å². The van der Waals surface area contributed by atoms with Crippen LogP contribution in [0, 0.1) is 12.8 Å². The van der Waals surface area contributed by atoms with Gasteiger partial charge in [0.25, 0.3) is 0 Å². The minimum Gasteiger partial charge on any atom is -0.258 e.